The predicted molar refractivity (Wildman–Crippen MR) is 103 cm³/mol. The molecule has 4 nitrogen and oxygen atoms in total. The van der Waals surface area contributed by atoms with Gasteiger partial charge in [0.2, 0.25) is 5.91 Å². The third kappa shape index (κ3) is 4.10. The predicted octanol–water partition coefficient (Wildman–Crippen LogP) is 3.94. The summed E-state index contributed by atoms with van der Waals surface area (Å²) in [6.07, 6.45) is 2.26. The van der Waals surface area contributed by atoms with E-state index in [-0.39, 0.29) is 17.9 Å². The van der Waals surface area contributed by atoms with Crippen molar-refractivity contribution >= 4 is 33.4 Å². The molecule has 0 radical (unpaired) electrons. The molecular weight excluding hydrogens is 380 g/mol. The van der Waals surface area contributed by atoms with Gasteiger partial charge in [-0.2, -0.15) is 0 Å². The molecule has 0 aliphatic carbocycles. The molecule has 1 unspecified atom stereocenters. The van der Waals surface area contributed by atoms with Crippen molar-refractivity contribution in [2.75, 3.05) is 11.4 Å². The number of fused-ring (bicyclic) bond motifs is 1. The summed E-state index contributed by atoms with van der Waals surface area (Å²) in [6.45, 7) is 2.41. The van der Waals surface area contributed by atoms with Gasteiger partial charge in [-0.1, -0.05) is 34.1 Å². The third-order valence-electron chi connectivity index (χ3n) is 4.52. The average Bonchev–Trinajstić information content (AvgIpc) is 2.62. The lowest BCUT2D eigenvalue weighted by atomic mass is 9.96. The first-order valence-electron chi connectivity index (χ1n) is 8.50. The van der Waals surface area contributed by atoms with Crippen LogP contribution in [0.4, 0.5) is 5.69 Å². The van der Waals surface area contributed by atoms with E-state index in [9.17, 15) is 9.59 Å². The van der Waals surface area contributed by atoms with Gasteiger partial charge in [0, 0.05) is 34.7 Å². The zero-order valence-corrected chi connectivity index (χ0v) is 15.8. The van der Waals surface area contributed by atoms with E-state index in [0.29, 0.717) is 18.5 Å². The Morgan fingerprint density at radius 3 is 2.64 bits per heavy atom. The van der Waals surface area contributed by atoms with Gasteiger partial charge in [0.1, 0.15) is 0 Å². The highest BCUT2D eigenvalue weighted by molar-refractivity contribution is 9.10. The van der Waals surface area contributed by atoms with Gasteiger partial charge in [-0.15, -0.1) is 0 Å². The number of hydrogen-bond donors (Lipinski definition) is 1. The minimum absolute atomic E-state index is 0.0516. The van der Waals surface area contributed by atoms with Crippen LogP contribution in [0, 0.1) is 0 Å². The Morgan fingerprint density at radius 2 is 1.88 bits per heavy atom. The Labute approximate surface area is 156 Å². The molecule has 1 aliphatic heterocycles. The molecule has 1 N–H and O–H groups in total. The molecular formula is C20H21BrN2O2. The standard InChI is InChI=1S/C20H21BrN2O2/c1-14-6-7-15-4-2-3-5-18(15)23(14)19(24)12-13-22-20(25)16-8-10-17(21)11-9-16/h2-5,8-11,14H,6-7,12-13H2,1H3,(H,22,25). The van der Waals surface area contributed by atoms with Crippen molar-refractivity contribution in [2.24, 2.45) is 0 Å². The summed E-state index contributed by atoms with van der Waals surface area (Å²) in [5.41, 5.74) is 2.81. The highest BCUT2D eigenvalue weighted by atomic mass is 79.9. The molecule has 3 rings (SSSR count). The molecule has 2 aromatic carbocycles. The number of halogens is 1. The van der Waals surface area contributed by atoms with Gasteiger partial charge in [-0.3, -0.25) is 9.59 Å². The molecule has 0 aromatic heterocycles. The largest absolute Gasteiger partial charge is 0.352 e. The molecule has 1 heterocycles. The summed E-state index contributed by atoms with van der Waals surface area (Å²) in [7, 11) is 0. The molecule has 1 aliphatic rings. The van der Waals surface area contributed by atoms with E-state index in [2.05, 4.69) is 34.2 Å². The second-order valence-corrected chi connectivity index (χ2v) is 7.21. The lowest BCUT2D eigenvalue weighted by molar-refractivity contribution is -0.119. The van der Waals surface area contributed by atoms with Crippen molar-refractivity contribution < 1.29 is 9.59 Å². The molecule has 130 valence electrons. The number of benzene rings is 2. The van der Waals surface area contributed by atoms with Crippen LogP contribution in [0.5, 0.6) is 0 Å². The van der Waals surface area contributed by atoms with E-state index in [1.807, 2.05) is 35.2 Å². The van der Waals surface area contributed by atoms with Crippen LogP contribution in [0.2, 0.25) is 0 Å². The molecule has 0 fully saturated rings. The lowest BCUT2D eigenvalue weighted by Gasteiger charge is -2.35. The molecule has 0 saturated carbocycles. The summed E-state index contributed by atoms with van der Waals surface area (Å²) in [5, 5.41) is 2.83. The quantitative estimate of drug-likeness (QED) is 0.844. The highest BCUT2D eigenvalue weighted by Gasteiger charge is 2.27. The first kappa shape index (κ1) is 17.7. The van der Waals surface area contributed by atoms with Crippen LogP contribution >= 0.6 is 15.9 Å². The van der Waals surface area contributed by atoms with Gasteiger partial charge >= 0.3 is 0 Å². The monoisotopic (exact) mass is 400 g/mol. The molecule has 25 heavy (non-hydrogen) atoms. The second-order valence-electron chi connectivity index (χ2n) is 6.29. The zero-order valence-electron chi connectivity index (χ0n) is 14.2. The molecule has 2 amide bonds. The number of rotatable bonds is 4. The topological polar surface area (TPSA) is 49.4 Å². The van der Waals surface area contributed by atoms with Crippen LogP contribution < -0.4 is 10.2 Å². The maximum absolute atomic E-state index is 12.7. The van der Waals surface area contributed by atoms with Crippen molar-refractivity contribution in [3.8, 4) is 0 Å². The Kier molecular flexibility index (Phi) is 5.53. The van der Waals surface area contributed by atoms with E-state index >= 15 is 0 Å². The molecule has 0 bridgehead atoms. The van der Waals surface area contributed by atoms with E-state index in [1.165, 1.54) is 5.56 Å². The van der Waals surface area contributed by atoms with Crippen molar-refractivity contribution in [1.29, 1.82) is 0 Å². The average molecular weight is 401 g/mol. The number of aryl methyl sites for hydroxylation is 1. The molecule has 1 atom stereocenters. The van der Waals surface area contributed by atoms with E-state index in [1.54, 1.807) is 12.1 Å². The first-order chi connectivity index (χ1) is 12.1. The fraction of sp³-hybridized carbons (Fsp3) is 0.300. The second kappa shape index (κ2) is 7.83. The van der Waals surface area contributed by atoms with Crippen LogP contribution in [0.3, 0.4) is 0 Å². The van der Waals surface area contributed by atoms with Gasteiger partial charge in [-0.25, -0.2) is 0 Å². The number of hydrogen-bond acceptors (Lipinski definition) is 2. The van der Waals surface area contributed by atoms with Crippen LogP contribution in [0.25, 0.3) is 0 Å². The van der Waals surface area contributed by atoms with Gasteiger partial charge in [-0.05, 0) is 55.7 Å². The van der Waals surface area contributed by atoms with Gasteiger partial charge in [0.05, 0.1) is 0 Å². The summed E-state index contributed by atoms with van der Waals surface area (Å²) in [5.74, 6) is -0.108. The van der Waals surface area contributed by atoms with Crippen molar-refractivity contribution in [2.45, 2.75) is 32.2 Å². The molecule has 5 heteroatoms. The Balaban J connectivity index is 1.59. The van der Waals surface area contributed by atoms with Crippen LogP contribution in [-0.4, -0.2) is 24.4 Å². The Hall–Kier alpha value is -2.14. The number of nitrogens with one attached hydrogen (secondary N) is 1. The van der Waals surface area contributed by atoms with Crippen molar-refractivity contribution in [3.63, 3.8) is 0 Å². The Morgan fingerprint density at radius 1 is 1.16 bits per heavy atom. The number of para-hydroxylation sites is 1. The minimum atomic E-state index is -0.160. The highest BCUT2D eigenvalue weighted by Crippen LogP contribution is 2.30. The normalized spacial score (nSPS) is 16.2. The van der Waals surface area contributed by atoms with Gasteiger partial charge in [0.15, 0.2) is 0 Å². The fourth-order valence-electron chi connectivity index (χ4n) is 3.18. The fourth-order valence-corrected chi connectivity index (χ4v) is 3.44. The first-order valence-corrected chi connectivity index (χ1v) is 9.29. The number of nitrogens with zero attached hydrogens (tertiary/aromatic N) is 1. The smallest absolute Gasteiger partial charge is 0.251 e. The van der Waals surface area contributed by atoms with E-state index in [4.69, 9.17) is 0 Å². The van der Waals surface area contributed by atoms with E-state index in [0.717, 1.165) is 23.0 Å². The summed E-state index contributed by atoms with van der Waals surface area (Å²) >= 11 is 3.35. The maximum atomic E-state index is 12.7. The maximum Gasteiger partial charge on any atom is 0.251 e. The number of amides is 2. The Bertz CT molecular complexity index is 774. The lowest BCUT2D eigenvalue weighted by Crippen LogP contribution is -2.43. The van der Waals surface area contributed by atoms with Gasteiger partial charge in [0.25, 0.3) is 5.91 Å². The van der Waals surface area contributed by atoms with Gasteiger partial charge < -0.3 is 10.2 Å². The number of carbonyl (C=O) groups excluding carboxylic acids is 2. The zero-order chi connectivity index (χ0) is 17.8. The number of anilines is 1. The SMILES string of the molecule is CC1CCc2ccccc2N1C(=O)CCNC(=O)c1ccc(Br)cc1. The molecule has 2 aromatic rings. The molecule has 0 saturated heterocycles. The summed E-state index contributed by atoms with van der Waals surface area (Å²) in [6, 6.07) is 15.4. The van der Waals surface area contributed by atoms with Crippen LogP contribution in [0.15, 0.2) is 53.0 Å². The molecule has 0 spiro atoms. The number of carbonyl (C=O) groups is 2. The third-order valence-corrected chi connectivity index (χ3v) is 5.05. The summed E-state index contributed by atoms with van der Waals surface area (Å²) in [4.78, 5) is 26.7. The van der Waals surface area contributed by atoms with Crippen molar-refractivity contribution in [1.82, 2.24) is 5.32 Å². The van der Waals surface area contributed by atoms with Crippen LogP contribution in [-0.2, 0) is 11.2 Å². The minimum Gasteiger partial charge on any atom is -0.352 e. The van der Waals surface area contributed by atoms with Crippen LogP contribution in [0.1, 0.15) is 35.7 Å². The van der Waals surface area contributed by atoms with E-state index < -0.39 is 0 Å². The summed E-state index contributed by atoms with van der Waals surface area (Å²) < 4.78 is 0.928. The van der Waals surface area contributed by atoms with Crippen molar-refractivity contribution in [3.05, 3.63) is 64.1 Å².